The fraction of sp³-hybridized carbons (Fsp3) is 0.464. The van der Waals surface area contributed by atoms with E-state index in [2.05, 4.69) is 10.6 Å². The molecule has 2 rings (SSSR count). The van der Waals surface area contributed by atoms with Gasteiger partial charge in [-0.3, -0.25) is 4.79 Å². The minimum Gasteiger partial charge on any atom is -0.459 e. The van der Waals surface area contributed by atoms with Crippen molar-refractivity contribution in [1.82, 2.24) is 10.6 Å². The summed E-state index contributed by atoms with van der Waals surface area (Å²) >= 11 is 12.8. The van der Waals surface area contributed by atoms with Crippen molar-refractivity contribution >= 4 is 41.2 Å². The zero-order chi connectivity index (χ0) is 28.5. The normalized spacial score (nSPS) is 14.2. The van der Waals surface area contributed by atoms with E-state index in [9.17, 15) is 19.5 Å². The van der Waals surface area contributed by atoms with Crippen molar-refractivity contribution in [2.45, 2.75) is 75.8 Å². The van der Waals surface area contributed by atoms with E-state index < -0.39 is 46.1 Å². The Hall–Kier alpha value is -2.81. The molecule has 208 valence electrons. The van der Waals surface area contributed by atoms with Crippen molar-refractivity contribution in [1.29, 1.82) is 0 Å². The van der Waals surface area contributed by atoms with Gasteiger partial charge in [-0.25, -0.2) is 9.59 Å². The van der Waals surface area contributed by atoms with Crippen LogP contribution >= 0.6 is 23.2 Å². The molecule has 0 unspecified atom stereocenters. The molecule has 10 heteroatoms. The van der Waals surface area contributed by atoms with E-state index >= 15 is 0 Å². The first-order valence-electron chi connectivity index (χ1n) is 12.3. The lowest BCUT2D eigenvalue weighted by Gasteiger charge is -2.33. The van der Waals surface area contributed by atoms with Crippen molar-refractivity contribution in [2.75, 3.05) is 0 Å². The van der Waals surface area contributed by atoms with Gasteiger partial charge >= 0.3 is 12.1 Å². The number of benzene rings is 2. The third-order valence-corrected chi connectivity index (χ3v) is 6.28. The summed E-state index contributed by atoms with van der Waals surface area (Å²) in [6, 6.07) is 15.9. The van der Waals surface area contributed by atoms with Crippen molar-refractivity contribution < 1.29 is 29.0 Å². The van der Waals surface area contributed by atoms with Crippen LogP contribution in [0, 0.1) is 5.92 Å². The van der Waals surface area contributed by atoms with Crippen molar-refractivity contribution in [2.24, 2.45) is 5.92 Å². The van der Waals surface area contributed by atoms with Crippen molar-refractivity contribution in [3.63, 3.8) is 0 Å². The Morgan fingerprint density at radius 3 is 1.92 bits per heavy atom. The Bertz CT molecular complexity index is 1060. The van der Waals surface area contributed by atoms with E-state index in [1.807, 2.05) is 24.3 Å². The summed E-state index contributed by atoms with van der Waals surface area (Å²) in [5.41, 5.74) is 0.737. The van der Waals surface area contributed by atoms with Crippen LogP contribution in [0.4, 0.5) is 4.79 Å². The third kappa shape index (κ3) is 9.82. The minimum absolute atomic E-state index is 0.0211. The number of ether oxygens (including phenoxy) is 2. The van der Waals surface area contributed by atoms with E-state index in [1.165, 1.54) is 0 Å². The molecule has 0 aliphatic carbocycles. The molecular weight excluding hydrogens is 531 g/mol. The number of alkyl carbamates (subject to hydrolysis) is 1. The molecule has 3 atom stereocenters. The Labute approximate surface area is 234 Å². The summed E-state index contributed by atoms with van der Waals surface area (Å²) in [4.78, 5) is 38.5. The highest BCUT2D eigenvalue weighted by molar-refractivity contribution is 6.58. The van der Waals surface area contributed by atoms with Gasteiger partial charge in [0.15, 0.2) is 0 Å². The van der Waals surface area contributed by atoms with E-state index in [-0.39, 0.29) is 18.9 Å². The van der Waals surface area contributed by atoms with Gasteiger partial charge in [0.25, 0.3) is 5.91 Å². The lowest BCUT2D eigenvalue weighted by atomic mass is 9.97. The summed E-state index contributed by atoms with van der Waals surface area (Å²) in [6.07, 6.45) is -2.49. The standard InChI is InChI=1S/C28H36Cl2N2O6/c1-18(2)22(24(34)37-17-20-14-10-7-11-15-20)32-25(35)28(29,30)23(33)21(16-19-12-8-6-9-13-19)31-26(36)38-27(3,4)5/h6-15,18,21-23,33H,16-17H2,1-5H3,(H,31,36)(H,32,35)/t21-,22-,23+/m0/s1. The number of hydrogen-bond donors (Lipinski definition) is 3. The smallest absolute Gasteiger partial charge is 0.407 e. The van der Waals surface area contributed by atoms with E-state index in [0.29, 0.717) is 0 Å². The SMILES string of the molecule is CC(C)[C@H](NC(=O)C(Cl)(Cl)[C@H](O)[C@H](Cc1ccccc1)NC(=O)OC(C)(C)C)C(=O)OCc1ccccc1. The first kappa shape index (κ1) is 31.4. The van der Waals surface area contributed by atoms with E-state index in [0.717, 1.165) is 11.1 Å². The molecule has 0 bridgehead atoms. The predicted molar refractivity (Wildman–Crippen MR) is 147 cm³/mol. The molecule has 2 amide bonds. The van der Waals surface area contributed by atoms with Crippen LogP contribution in [0.5, 0.6) is 0 Å². The number of aliphatic hydroxyl groups is 1. The zero-order valence-corrected chi connectivity index (χ0v) is 23.8. The van der Waals surface area contributed by atoms with Crippen molar-refractivity contribution in [3.05, 3.63) is 71.8 Å². The van der Waals surface area contributed by atoms with Gasteiger partial charge in [-0.2, -0.15) is 0 Å². The molecule has 0 heterocycles. The molecule has 0 saturated carbocycles. The summed E-state index contributed by atoms with van der Waals surface area (Å²) < 4.78 is 8.26. The predicted octanol–water partition coefficient (Wildman–Crippen LogP) is 4.54. The molecule has 0 spiro atoms. The van der Waals surface area contributed by atoms with E-state index in [4.69, 9.17) is 32.7 Å². The molecule has 0 aromatic heterocycles. The highest BCUT2D eigenvalue weighted by atomic mass is 35.5. The van der Waals surface area contributed by atoms with Crippen LogP contribution in [-0.4, -0.2) is 51.2 Å². The van der Waals surface area contributed by atoms with E-state index in [1.54, 1.807) is 71.0 Å². The summed E-state index contributed by atoms with van der Waals surface area (Å²) in [6.45, 7) is 8.54. The second kappa shape index (κ2) is 13.8. The Kier molecular flexibility index (Phi) is 11.4. The highest BCUT2D eigenvalue weighted by Gasteiger charge is 2.47. The van der Waals surface area contributed by atoms with Gasteiger partial charge in [0.2, 0.25) is 4.33 Å². The van der Waals surface area contributed by atoms with Crippen LogP contribution in [0.15, 0.2) is 60.7 Å². The topological polar surface area (TPSA) is 114 Å². The number of nitrogens with one attached hydrogen (secondary N) is 2. The van der Waals surface area contributed by atoms with Gasteiger partial charge in [-0.05, 0) is 44.2 Å². The maximum absolute atomic E-state index is 13.2. The third-order valence-electron chi connectivity index (χ3n) is 5.49. The van der Waals surface area contributed by atoms with Crippen LogP contribution in [0.3, 0.4) is 0 Å². The van der Waals surface area contributed by atoms with Crippen LogP contribution in [0.1, 0.15) is 45.7 Å². The number of rotatable bonds is 11. The Morgan fingerprint density at radius 1 is 0.895 bits per heavy atom. The molecule has 2 aromatic carbocycles. The van der Waals surface area contributed by atoms with Gasteiger partial charge < -0.3 is 25.2 Å². The first-order valence-corrected chi connectivity index (χ1v) is 13.1. The average molecular weight is 568 g/mol. The molecule has 2 aromatic rings. The summed E-state index contributed by atoms with van der Waals surface area (Å²) in [7, 11) is 0. The molecule has 0 fully saturated rings. The summed E-state index contributed by atoms with van der Waals surface area (Å²) in [5, 5.41) is 16.2. The fourth-order valence-corrected chi connectivity index (χ4v) is 3.92. The number of esters is 1. The van der Waals surface area contributed by atoms with Gasteiger partial charge in [-0.1, -0.05) is 97.7 Å². The molecule has 0 aliphatic heterocycles. The number of halogens is 2. The number of aliphatic hydroxyl groups excluding tert-OH is 1. The van der Waals surface area contributed by atoms with Crippen molar-refractivity contribution in [3.8, 4) is 0 Å². The van der Waals surface area contributed by atoms with Gasteiger partial charge in [0.05, 0.1) is 6.04 Å². The number of carbonyl (C=O) groups is 3. The lowest BCUT2D eigenvalue weighted by molar-refractivity contribution is -0.150. The van der Waals surface area contributed by atoms with Crippen LogP contribution in [0.25, 0.3) is 0 Å². The molecular formula is C28H36Cl2N2O6. The second-order valence-corrected chi connectivity index (χ2v) is 11.7. The molecule has 8 nitrogen and oxygen atoms in total. The van der Waals surface area contributed by atoms with Crippen LogP contribution < -0.4 is 10.6 Å². The molecule has 0 saturated heterocycles. The fourth-order valence-electron chi connectivity index (χ4n) is 3.51. The van der Waals surface area contributed by atoms with Gasteiger partial charge in [-0.15, -0.1) is 0 Å². The molecule has 38 heavy (non-hydrogen) atoms. The Morgan fingerprint density at radius 2 is 1.42 bits per heavy atom. The summed E-state index contributed by atoms with van der Waals surface area (Å²) in [5.74, 6) is -2.06. The maximum atomic E-state index is 13.2. The minimum atomic E-state index is -2.43. The van der Waals surface area contributed by atoms with Gasteiger partial charge in [0, 0.05) is 0 Å². The molecule has 3 N–H and O–H groups in total. The van der Waals surface area contributed by atoms with Gasteiger partial charge in [0.1, 0.15) is 24.4 Å². The Balaban J connectivity index is 2.18. The molecule has 0 radical (unpaired) electrons. The number of alkyl halides is 2. The second-order valence-electron chi connectivity index (χ2n) is 10.3. The van der Waals surface area contributed by atoms with Crippen LogP contribution in [-0.2, 0) is 32.1 Å². The average Bonchev–Trinajstić information content (AvgIpc) is 2.84. The maximum Gasteiger partial charge on any atom is 0.407 e. The number of carbonyl (C=O) groups excluding carboxylic acids is 3. The first-order chi connectivity index (χ1) is 17.7. The largest absolute Gasteiger partial charge is 0.459 e. The lowest BCUT2D eigenvalue weighted by Crippen LogP contribution is -2.60. The number of hydrogen-bond acceptors (Lipinski definition) is 6. The zero-order valence-electron chi connectivity index (χ0n) is 22.2. The number of amides is 2. The van der Waals surface area contributed by atoms with Crippen LogP contribution in [0.2, 0.25) is 0 Å². The highest BCUT2D eigenvalue weighted by Crippen LogP contribution is 2.30. The quantitative estimate of drug-likeness (QED) is 0.272. The molecule has 0 aliphatic rings. The monoisotopic (exact) mass is 566 g/mol.